The molecule has 12 heavy (non-hydrogen) atoms. The van der Waals surface area contributed by atoms with E-state index in [0.29, 0.717) is 12.0 Å². The van der Waals surface area contributed by atoms with E-state index in [4.69, 9.17) is 0 Å². The van der Waals surface area contributed by atoms with Crippen molar-refractivity contribution in [2.75, 3.05) is 6.54 Å². The van der Waals surface area contributed by atoms with E-state index in [2.05, 4.69) is 0 Å². The molecule has 1 aliphatic heterocycles. The minimum absolute atomic E-state index is 0. The Hall–Kier alpha value is 0.0274. The standard InChI is InChI=1S/C8H13NO2.Li/c1-2-9-6(5-3-4-5)7(9)8(10)11;/h5-7H,2-4H2,1H3,(H,10,11);/q;+1/p-1/t6-,7-,9?;/m1./s1. The number of likely N-dealkylation sites (N-methyl/N-ethyl adjacent to an activating group) is 1. The second-order valence-electron chi connectivity index (χ2n) is 3.42. The molecule has 0 aromatic carbocycles. The van der Waals surface area contributed by atoms with E-state index < -0.39 is 5.97 Å². The first-order valence-electron chi connectivity index (χ1n) is 4.22. The Morgan fingerprint density at radius 3 is 2.42 bits per heavy atom. The van der Waals surface area contributed by atoms with Gasteiger partial charge in [0.25, 0.3) is 0 Å². The molecule has 2 fully saturated rings. The van der Waals surface area contributed by atoms with Crippen molar-refractivity contribution in [3.63, 3.8) is 0 Å². The summed E-state index contributed by atoms with van der Waals surface area (Å²) in [6.45, 7) is 2.85. The largest absolute Gasteiger partial charge is 1.00 e. The predicted octanol–water partition coefficient (Wildman–Crippen LogP) is -3.78. The van der Waals surface area contributed by atoms with Gasteiger partial charge in [-0.2, -0.15) is 0 Å². The van der Waals surface area contributed by atoms with Crippen molar-refractivity contribution in [3.8, 4) is 0 Å². The van der Waals surface area contributed by atoms with Gasteiger partial charge < -0.3 is 9.90 Å². The molecule has 3 nitrogen and oxygen atoms in total. The minimum Gasteiger partial charge on any atom is -0.548 e. The van der Waals surface area contributed by atoms with Crippen LogP contribution in [-0.4, -0.2) is 29.5 Å². The number of carboxylic acids is 1. The average Bonchev–Trinajstić information content (AvgIpc) is 2.82. The molecule has 1 heterocycles. The summed E-state index contributed by atoms with van der Waals surface area (Å²) in [5.41, 5.74) is 0. The maximum absolute atomic E-state index is 10.5. The van der Waals surface area contributed by atoms with Gasteiger partial charge in [0.05, 0.1) is 12.0 Å². The van der Waals surface area contributed by atoms with Crippen molar-refractivity contribution in [1.29, 1.82) is 0 Å². The molecular weight excluding hydrogens is 149 g/mol. The van der Waals surface area contributed by atoms with E-state index in [1.54, 1.807) is 0 Å². The number of hydrogen-bond acceptors (Lipinski definition) is 3. The third-order valence-corrected chi connectivity index (χ3v) is 2.69. The summed E-state index contributed by atoms with van der Waals surface area (Å²) in [5.74, 6) is -0.221. The fourth-order valence-electron chi connectivity index (χ4n) is 1.95. The molecule has 2 rings (SSSR count). The van der Waals surface area contributed by atoms with E-state index in [1.165, 1.54) is 12.8 Å². The summed E-state index contributed by atoms with van der Waals surface area (Å²) in [7, 11) is 0. The van der Waals surface area contributed by atoms with Crippen LogP contribution in [0.4, 0.5) is 0 Å². The molecule has 0 amide bonds. The molecule has 62 valence electrons. The van der Waals surface area contributed by atoms with Gasteiger partial charge in [-0.05, 0) is 25.3 Å². The quantitative estimate of drug-likeness (QED) is 0.315. The Bertz CT molecular complexity index is 193. The average molecular weight is 161 g/mol. The Morgan fingerprint density at radius 1 is 1.58 bits per heavy atom. The number of carbonyl (C=O) groups is 1. The maximum atomic E-state index is 10.5. The van der Waals surface area contributed by atoms with Crippen LogP contribution in [0.3, 0.4) is 0 Å². The molecule has 1 saturated carbocycles. The van der Waals surface area contributed by atoms with Crippen molar-refractivity contribution < 1.29 is 28.8 Å². The first kappa shape index (κ1) is 10.1. The van der Waals surface area contributed by atoms with Gasteiger partial charge in [0.2, 0.25) is 0 Å². The van der Waals surface area contributed by atoms with Crippen LogP contribution in [0.25, 0.3) is 0 Å². The smallest absolute Gasteiger partial charge is 0.548 e. The van der Waals surface area contributed by atoms with Crippen LogP contribution in [0.2, 0.25) is 0 Å². The molecule has 0 aromatic heterocycles. The molecule has 1 aliphatic carbocycles. The summed E-state index contributed by atoms with van der Waals surface area (Å²) in [5, 5.41) is 10.5. The van der Waals surface area contributed by atoms with E-state index in [-0.39, 0.29) is 24.9 Å². The van der Waals surface area contributed by atoms with Crippen molar-refractivity contribution >= 4 is 5.97 Å². The second kappa shape index (κ2) is 3.41. The van der Waals surface area contributed by atoms with Crippen LogP contribution in [0.1, 0.15) is 19.8 Å². The fourth-order valence-corrected chi connectivity index (χ4v) is 1.95. The number of aliphatic carboxylic acids is 1. The molecule has 1 saturated heterocycles. The second-order valence-corrected chi connectivity index (χ2v) is 3.42. The van der Waals surface area contributed by atoms with Crippen molar-refractivity contribution in [1.82, 2.24) is 4.90 Å². The Morgan fingerprint density at radius 2 is 2.17 bits per heavy atom. The van der Waals surface area contributed by atoms with Gasteiger partial charge in [0, 0.05) is 6.04 Å². The number of rotatable bonds is 3. The summed E-state index contributed by atoms with van der Waals surface area (Å²) < 4.78 is 0. The zero-order valence-corrected chi connectivity index (χ0v) is 7.62. The first-order chi connectivity index (χ1) is 5.25. The summed E-state index contributed by atoms with van der Waals surface area (Å²) in [6, 6.07) is 0.0671. The third-order valence-electron chi connectivity index (χ3n) is 2.69. The topological polar surface area (TPSA) is 43.1 Å². The summed E-state index contributed by atoms with van der Waals surface area (Å²) in [6.07, 6.45) is 2.43. The molecule has 0 bridgehead atoms. The van der Waals surface area contributed by atoms with Gasteiger partial charge in [0.15, 0.2) is 0 Å². The number of nitrogens with zero attached hydrogens (tertiary/aromatic N) is 1. The van der Waals surface area contributed by atoms with Crippen LogP contribution < -0.4 is 24.0 Å². The van der Waals surface area contributed by atoms with E-state index in [9.17, 15) is 9.90 Å². The van der Waals surface area contributed by atoms with Gasteiger partial charge in [-0.1, -0.05) is 6.92 Å². The Kier molecular flexibility index (Phi) is 2.87. The van der Waals surface area contributed by atoms with Gasteiger partial charge in [-0.15, -0.1) is 0 Å². The molecular formula is C8H12LiNO2. The fraction of sp³-hybridized carbons (Fsp3) is 0.875. The minimum atomic E-state index is -0.885. The van der Waals surface area contributed by atoms with E-state index in [0.717, 1.165) is 6.54 Å². The summed E-state index contributed by atoms with van der Waals surface area (Å²) >= 11 is 0. The normalized spacial score (nSPS) is 38.6. The van der Waals surface area contributed by atoms with Gasteiger partial charge >= 0.3 is 18.9 Å². The molecule has 1 unspecified atom stereocenters. The molecule has 0 N–H and O–H groups in total. The number of hydrogen-bond donors (Lipinski definition) is 0. The predicted molar refractivity (Wildman–Crippen MR) is 37.7 cm³/mol. The third kappa shape index (κ3) is 1.54. The monoisotopic (exact) mass is 161 g/mol. The zero-order chi connectivity index (χ0) is 8.01. The van der Waals surface area contributed by atoms with Crippen LogP contribution in [0.15, 0.2) is 0 Å². The molecule has 0 aromatic rings. The van der Waals surface area contributed by atoms with Gasteiger partial charge in [0.1, 0.15) is 0 Å². The SMILES string of the molecule is CCN1[C@H](C2CC2)[C@@H]1C(=O)[O-].[Li+]. The maximum Gasteiger partial charge on any atom is 1.00 e. The van der Waals surface area contributed by atoms with E-state index in [1.807, 2.05) is 11.8 Å². The van der Waals surface area contributed by atoms with Gasteiger partial charge in [-0.25, -0.2) is 0 Å². The van der Waals surface area contributed by atoms with Crippen molar-refractivity contribution in [2.45, 2.75) is 31.8 Å². The van der Waals surface area contributed by atoms with Crippen molar-refractivity contribution in [3.05, 3.63) is 0 Å². The summed E-state index contributed by atoms with van der Waals surface area (Å²) in [4.78, 5) is 12.5. The molecule has 4 heteroatoms. The molecule has 3 atom stereocenters. The number of carbonyl (C=O) groups excluding carboxylic acids is 1. The van der Waals surface area contributed by atoms with Gasteiger partial charge in [-0.3, -0.25) is 4.90 Å². The van der Waals surface area contributed by atoms with Crippen LogP contribution in [0.5, 0.6) is 0 Å². The van der Waals surface area contributed by atoms with Crippen molar-refractivity contribution in [2.24, 2.45) is 5.92 Å². The van der Waals surface area contributed by atoms with Crippen LogP contribution in [0, 0.1) is 5.92 Å². The van der Waals surface area contributed by atoms with Crippen LogP contribution in [-0.2, 0) is 4.79 Å². The number of carboxylic acid groups (broad SMARTS) is 1. The Balaban J connectivity index is 0.000000720. The first-order valence-corrected chi connectivity index (χ1v) is 4.22. The Labute approximate surface area is 84.3 Å². The molecule has 0 spiro atoms. The van der Waals surface area contributed by atoms with E-state index >= 15 is 0 Å². The molecule has 2 aliphatic rings. The van der Waals surface area contributed by atoms with Crippen LogP contribution >= 0.6 is 0 Å². The molecule has 0 radical (unpaired) electrons. The zero-order valence-electron chi connectivity index (χ0n) is 7.62.